The second kappa shape index (κ2) is 6.50. The van der Waals surface area contributed by atoms with Crippen LogP contribution in [0.4, 0.5) is 13.2 Å². The van der Waals surface area contributed by atoms with E-state index in [-0.39, 0.29) is 21.7 Å². The van der Waals surface area contributed by atoms with Gasteiger partial charge in [-0.05, 0) is 31.5 Å². The number of nitrogens with zero attached hydrogens (tertiary/aromatic N) is 3. The molecule has 0 saturated carbocycles. The lowest BCUT2D eigenvalue weighted by Gasteiger charge is -2.12. The van der Waals surface area contributed by atoms with Gasteiger partial charge >= 0.3 is 6.18 Å². The lowest BCUT2D eigenvalue weighted by atomic mass is 10.1. The minimum absolute atomic E-state index is 0.0322. The van der Waals surface area contributed by atoms with Crippen LogP contribution in [-0.2, 0) is 12.7 Å². The van der Waals surface area contributed by atoms with E-state index < -0.39 is 11.7 Å². The minimum Gasteiger partial charge on any atom is -0.247 e. The molecular formula is C17H14Cl2F3N3. The van der Waals surface area contributed by atoms with Gasteiger partial charge in [-0.15, -0.1) is 0 Å². The number of aromatic nitrogens is 3. The molecule has 0 unspecified atom stereocenters. The molecule has 0 amide bonds. The molecule has 0 N–H and O–H groups in total. The molecule has 8 heteroatoms. The normalized spacial score (nSPS) is 12.1. The van der Waals surface area contributed by atoms with Gasteiger partial charge in [-0.1, -0.05) is 36.2 Å². The third-order valence-electron chi connectivity index (χ3n) is 3.83. The molecule has 0 fully saturated rings. The second-order valence-electron chi connectivity index (χ2n) is 5.69. The summed E-state index contributed by atoms with van der Waals surface area (Å²) in [5, 5.41) is 4.84. The first-order chi connectivity index (χ1) is 11.7. The SMILES string of the molecule is CCCn1nc(C)c2c(C(F)(F)F)cc(-c3ccc(Cl)c(Cl)c3)nc21. The van der Waals surface area contributed by atoms with Crippen molar-refractivity contribution in [2.45, 2.75) is 33.0 Å². The van der Waals surface area contributed by atoms with Crippen molar-refractivity contribution in [2.75, 3.05) is 0 Å². The molecule has 1 aromatic carbocycles. The molecule has 0 aliphatic heterocycles. The van der Waals surface area contributed by atoms with Gasteiger partial charge in [0.15, 0.2) is 5.65 Å². The molecule has 132 valence electrons. The Balaban J connectivity index is 2.33. The maximum absolute atomic E-state index is 13.6. The maximum Gasteiger partial charge on any atom is 0.417 e. The summed E-state index contributed by atoms with van der Waals surface area (Å²) in [6.07, 6.45) is -3.78. The van der Waals surface area contributed by atoms with Crippen molar-refractivity contribution in [2.24, 2.45) is 0 Å². The highest BCUT2D eigenvalue weighted by atomic mass is 35.5. The third-order valence-corrected chi connectivity index (χ3v) is 4.57. The van der Waals surface area contributed by atoms with Crippen molar-refractivity contribution in [1.29, 1.82) is 0 Å². The van der Waals surface area contributed by atoms with E-state index in [1.165, 1.54) is 16.8 Å². The average molecular weight is 388 g/mol. The quantitative estimate of drug-likeness (QED) is 0.540. The van der Waals surface area contributed by atoms with Gasteiger partial charge in [-0.3, -0.25) is 0 Å². The van der Waals surface area contributed by atoms with Gasteiger partial charge in [-0.2, -0.15) is 18.3 Å². The fraction of sp³-hybridized carbons (Fsp3) is 0.294. The summed E-state index contributed by atoms with van der Waals surface area (Å²) in [6, 6.07) is 5.67. The van der Waals surface area contributed by atoms with Gasteiger partial charge in [0, 0.05) is 12.1 Å². The Labute approximate surface area is 152 Å². The van der Waals surface area contributed by atoms with Gasteiger partial charge in [-0.25, -0.2) is 9.67 Å². The number of benzene rings is 1. The highest BCUT2D eigenvalue weighted by molar-refractivity contribution is 6.42. The Morgan fingerprint density at radius 1 is 1.12 bits per heavy atom. The van der Waals surface area contributed by atoms with Gasteiger partial charge < -0.3 is 0 Å². The largest absolute Gasteiger partial charge is 0.417 e. The highest BCUT2D eigenvalue weighted by Crippen LogP contribution is 2.38. The standard InChI is InChI=1S/C17H14Cl2F3N3/c1-3-6-25-16-15(9(2)24-25)11(17(20,21)22)8-14(23-16)10-4-5-12(18)13(19)7-10/h4-5,7-8H,3,6H2,1-2H3. The Hall–Kier alpha value is -1.79. The topological polar surface area (TPSA) is 30.7 Å². The first-order valence-corrected chi connectivity index (χ1v) is 8.38. The van der Waals surface area contributed by atoms with E-state index in [9.17, 15) is 13.2 Å². The molecule has 2 aromatic heterocycles. The summed E-state index contributed by atoms with van der Waals surface area (Å²) < 4.78 is 42.4. The average Bonchev–Trinajstić information content (AvgIpc) is 2.85. The summed E-state index contributed by atoms with van der Waals surface area (Å²) >= 11 is 11.9. The summed E-state index contributed by atoms with van der Waals surface area (Å²) in [7, 11) is 0. The molecule has 3 rings (SSSR count). The van der Waals surface area contributed by atoms with Crippen LogP contribution in [0.25, 0.3) is 22.3 Å². The van der Waals surface area contributed by atoms with Crippen molar-refractivity contribution in [3.05, 3.63) is 45.6 Å². The van der Waals surface area contributed by atoms with Crippen LogP contribution in [0.3, 0.4) is 0 Å². The monoisotopic (exact) mass is 387 g/mol. The Morgan fingerprint density at radius 2 is 1.84 bits per heavy atom. The smallest absolute Gasteiger partial charge is 0.247 e. The fourth-order valence-electron chi connectivity index (χ4n) is 2.75. The van der Waals surface area contributed by atoms with Crippen molar-refractivity contribution < 1.29 is 13.2 Å². The van der Waals surface area contributed by atoms with Crippen LogP contribution in [0.5, 0.6) is 0 Å². The molecule has 0 aliphatic rings. The number of fused-ring (bicyclic) bond motifs is 1. The zero-order valence-electron chi connectivity index (χ0n) is 13.5. The zero-order valence-corrected chi connectivity index (χ0v) is 15.0. The fourth-order valence-corrected chi connectivity index (χ4v) is 3.05. The first-order valence-electron chi connectivity index (χ1n) is 7.63. The highest BCUT2D eigenvalue weighted by Gasteiger charge is 2.35. The van der Waals surface area contributed by atoms with E-state index in [2.05, 4.69) is 10.1 Å². The summed E-state index contributed by atoms with van der Waals surface area (Å²) in [5.74, 6) is 0. The molecular weight excluding hydrogens is 374 g/mol. The lowest BCUT2D eigenvalue weighted by molar-refractivity contribution is -0.136. The second-order valence-corrected chi connectivity index (χ2v) is 6.50. The van der Waals surface area contributed by atoms with Crippen molar-refractivity contribution >= 4 is 34.2 Å². The third kappa shape index (κ3) is 3.33. The number of rotatable bonds is 3. The van der Waals surface area contributed by atoms with Gasteiger partial charge in [0.1, 0.15) is 0 Å². The van der Waals surface area contributed by atoms with Crippen LogP contribution in [0.15, 0.2) is 24.3 Å². The molecule has 3 nitrogen and oxygen atoms in total. The number of aryl methyl sites for hydroxylation is 2. The zero-order chi connectivity index (χ0) is 18.4. The van der Waals surface area contributed by atoms with Crippen LogP contribution in [0.2, 0.25) is 10.0 Å². The van der Waals surface area contributed by atoms with Crippen LogP contribution in [0, 0.1) is 6.92 Å². The predicted octanol–water partition coefficient (Wildman–Crippen LogP) is 6.14. The number of hydrogen-bond acceptors (Lipinski definition) is 2. The summed E-state index contributed by atoms with van der Waals surface area (Å²) in [6.45, 7) is 3.97. The van der Waals surface area contributed by atoms with Crippen LogP contribution in [-0.4, -0.2) is 14.8 Å². The number of hydrogen-bond donors (Lipinski definition) is 0. The summed E-state index contributed by atoms with van der Waals surface area (Å²) in [4.78, 5) is 4.43. The van der Waals surface area contributed by atoms with Gasteiger partial charge in [0.25, 0.3) is 0 Å². The van der Waals surface area contributed by atoms with Gasteiger partial charge in [0.05, 0.1) is 32.4 Å². The van der Waals surface area contributed by atoms with Crippen molar-refractivity contribution in [3.8, 4) is 11.3 Å². The van der Waals surface area contributed by atoms with E-state index in [1.54, 1.807) is 13.0 Å². The first kappa shape index (κ1) is 18.0. The minimum atomic E-state index is -4.52. The lowest BCUT2D eigenvalue weighted by Crippen LogP contribution is -2.08. The van der Waals surface area contributed by atoms with E-state index in [0.29, 0.717) is 22.8 Å². The Morgan fingerprint density at radius 3 is 2.44 bits per heavy atom. The summed E-state index contributed by atoms with van der Waals surface area (Å²) in [5.41, 5.74) is 0.414. The van der Waals surface area contributed by atoms with Crippen LogP contribution >= 0.6 is 23.2 Å². The molecule has 0 spiro atoms. The Kier molecular flexibility index (Phi) is 4.68. The van der Waals surface area contributed by atoms with Crippen LogP contribution in [0.1, 0.15) is 24.6 Å². The Bertz CT molecular complexity index is 948. The molecule has 3 aromatic rings. The molecule has 2 heterocycles. The molecule has 25 heavy (non-hydrogen) atoms. The predicted molar refractivity (Wildman–Crippen MR) is 93.0 cm³/mol. The molecule has 0 radical (unpaired) electrons. The van der Waals surface area contributed by atoms with E-state index in [4.69, 9.17) is 23.2 Å². The maximum atomic E-state index is 13.6. The van der Waals surface area contributed by atoms with Crippen molar-refractivity contribution in [1.82, 2.24) is 14.8 Å². The molecule has 0 aliphatic carbocycles. The van der Waals surface area contributed by atoms with E-state index >= 15 is 0 Å². The number of alkyl halides is 3. The van der Waals surface area contributed by atoms with E-state index in [0.717, 1.165) is 12.5 Å². The van der Waals surface area contributed by atoms with Gasteiger partial charge in [0.2, 0.25) is 0 Å². The molecule has 0 atom stereocenters. The number of pyridine rings is 1. The molecule has 0 saturated heterocycles. The van der Waals surface area contributed by atoms with E-state index in [1.807, 2.05) is 6.92 Å². The van der Waals surface area contributed by atoms with Crippen LogP contribution < -0.4 is 0 Å². The van der Waals surface area contributed by atoms with Crippen molar-refractivity contribution in [3.63, 3.8) is 0 Å². The molecule has 0 bridgehead atoms. The number of halogens is 5.